The average Bonchev–Trinajstić information content (AvgIpc) is 2.41. The lowest BCUT2D eigenvalue weighted by Gasteiger charge is -2.35. The first kappa shape index (κ1) is 14.3. The molecule has 0 spiro atoms. The zero-order valence-corrected chi connectivity index (χ0v) is 13.0. The molecule has 1 aromatic carbocycles. The molecule has 1 heterocycles. The standard InChI is InChI=1S/C14H20BrN3O/c1-17-7-5-11(6-8-17)18(2)14(19)10-3-4-13(16)12(15)9-10/h3-4,9,11H,5-8,16H2,1-2H3. The maximum atomic E-state index is 12.4. The Morgan fingerprint density at radius 1 is 1.42 bits per heavy atom. The summed E-state index contributed by atoms with van der Waals surface area (Å²) in [6.45, 7) is 2.10. The first-order valence-electron chi connectivity index (χ1n) is 6.50. The van der Waals surface area contributed by atoms with E-state index in [1.165, 1.54) is 0 Å². The molecule has 1 fully saturated rings. The van der Waals surface area contributed by atoms with Gasteiger partial charge in [-0.3, -0.25) is 4.79 Å². The van der Waals surface area contributed by atoms with Gasteiger partial charge in [-0.25, -0.2) is 0 Å². The SMILES string of the molecule is CN1CCC(N(C)C(=O)c2ccc(N)c(Br)c2)CC1. The van der Waals surface area contributed by atoms with Crippen LogP contribution in [0.2, 0.25) is 0 Å². The van der Waals surface area contributed by atoms with Crippen LogP contribution in [0, 0.1) is 0 Å². The van der Waals surface area contributed by atoms with Gasteiger partial charge in [-0.05, 0) is 67.1 Å². The molecular formula is C14H20BrN3O. The molecule has 104 valence electrons. The third-order valence-electron chi connectivity index (χ3n) is 3.80. The Morgan fingerprint density at radius 2 is 2.05 bits per heavy atom. The average molecular weight is 326 g/mol. The van der Waals surface area contributed by atoms with Crippen LogP contribution in [0.3, 0.4) is 0 Å². The number of piperidine rings is 1. The minimum Gasteiger partial charge on any atom is -0.398 e. The number of hydrogen-bond donors (Lipinski definition) is 1. The highest BCUT2D eigenvalue weighted by Crippen LogP contribution is 2.22. The number of benzene rings is 1. The lowest BCUT2D eigenvalue weighted by molar-refractivity contribution is 0.0659. The summed E-state index contributed by atoms with van der Waals surface area (Å²) in [6.07, 6.45) is 2.07. The van der Waals surface area contributed by atoms with Gasteiger partial charge in [0.25, 0.3) is 5.91 Å². The van der Waals surface area contributed by atoms with E-state index in [0.717, 1.165) is 30.4 Å². The molecule has 0 unspecified atom stereocenters. The van der Waals surface area contributed by atoms with Crippen LogP contribution in [0.1, 0.15) is 23.2 Å². The topological polar surface area (TPSA) is 49.6 Å². The highest BCUT2D eigenvalue weighted by Gasteiger charge is 2.24. The predicted octanol–water partition coefficient (Wildman–Crippen LogP) is 2.20. The second kappa shape index (κ2) is 5.92. The number of rotatable bonds is 2. The van der Waals surface area contributed by atoms with E-state index in [4.69, 9.17) is 5.73 Å². The summed E-state index contributed by atoms with van der Waals surface area (Å²) in [5, 5.41) is 0. The highest BCUT2D eigenvalue weighted by molar-refractivity contribution is 9.10. The van der Waals surface area contributed by atoms with Crippen molar-refractivity contribution in [1.29, 1.82) is 0 Å². The van der Waals surface area contributed by atoms with E-state index in [1.807, 2.05) is 11.9 Å². The van der Waals surface area contributed by atoms with Crippen molar-refractivity contribution in [3.05, 3.63) is 28.2 Å². The number of carbonyl (C=O) groups excluding carboxylic acids is 1. The van der Waals surface area contributed by atoms with Gasteiger partial charge >= 0.3 is 0 Å². The summed E-state index contributed by atoms with van der Waals surface area (Å²) in [5.41, 5.74) is 7.08. The zero-order chi connectivity index (χ0) is 14.0. The minimum atomic E-state index is 0.0650. The van der Waals surface area contributed by atoms with Gasteiger partial charge in [-0.1, -0.05) is 0 Å². The molecule has 1 amide bonds. The van der Waals surface area contributed by atoms with E-state index in [0.29, 0.717) is 17.3 Å². The van der Waals surface area contributed by atoms with Crippen LogP contribution in [-0.2, 0) is 0 Å². The number of hydrogen-bond acceptors (Lipinski definition) is 3. The molecule has 1 aliphatic heterocycles. The second-order valence-corrected chi connectivity index (χ2v) is 6.04. The normalized spacial score (nSPS) is 17.4. The lowest BCUT2D eigenvalue weighted by atomic mass is 10.0. The van der Waals surface area contributed by atoms with Gasteiger partial charge in [0.2, 0.25) is 0 Å². The Morgan fingerprint density at radius 3 is 2.63 bits per heavy atom. The summed E-state index contributed by atoms with van der Waals surface area (Å²) >= 11 is 3.36. The summed E-state index contributed by atoms with van der Waals surface area (Å²) in [5.74, 6) is 0.0650. The summed E-state index contributed by atoms with van der Waals surface area (Å²) in [6, 6.07) is 5.68. The van der Waals surface area contributed by atoms with E-state index in [2.05, 4.69) is 27.9 Å². The van der Waals surface area contributed by atoms with Crippen molar-refractivity contribution >= 4 is 27.5 Å². The summed E-state index contributed by atoms with van der Waals surface area (Å²) < 4.78 is 0.773. The lowest BCUT2D eigenvalue weighted by Crippen LogP contribution is -2.44. The largest absolute Gasteiger partial charge is 0.398 e. The third-order valence-corrected chi connectivity index (χ3v) is 4.49. The molecule has 2 rings (SSSR count). The Labute approximate surface area is 122 Å². The van der Waals surface area contributed by atoms with Gasteiger partial charge in [-0.2, -0.15) is 0 Å². The molecule has 0 atom stereocenters. The molecule has 19 heavy (non-hydrogen) atoms. The molecule has 0 saturated carbocycles. The van der Waals surface area contributed by atoms with Gasteiger partial charge < -0.3 is 15.5 Å². The Balaban J connectivity index is 2.08. The van der Waals surface area contributed by atoms with Crippen LogP contribution in [0.25, 0.3) is 0 Å². The number of nitrogens with two attached hydrogens (primary N) is 1. The molecule has 4 nitrogen and oxygen atoms in total. The fourth-order valence-electron chi connectivity index (χ4n) is 2.41. The minimum absolute atomic E-state index is 0.0650. The number of amides is 1. The first-order chi connectivity index (χ1) is 8.99. The molecule has 0 aliphatic carbocycles. The molecule has 0 aromatic heterocycles. The second-order valence-electron chi connectivity index (χ2n) is 5.19. The summed E-state index contributed by atoms with van der Waals surface area (Å²) in [7, 11) is 4.01. The van der Waals surface area contributed by atoms with Crippen LogP contribution in [0.4, 0.5) is 5.69 Å². The van der Waals surface area contributed by atoms with Crippen molar-refractivity contribution in [3.8, 4) is 0 Å². The smallest absolute Gasteiger partial charge is 0.253 e. The number of nitrogen functional groups attached to an aromatic ring is 1. The van der Waals surface area contributed by atoms with Crippen LogP contribution < -0.4 is 5.73 Å². The predicted molar refractivity (Wildman–Crippen MR) is 81.2 cm³/mol. The van der Waals surface area contributed by atoms with E-state index >= 15 is 0 Å². The van der Waals surface area contributed by atoms with E-state index in [9.17, 15) is 4.79 Å². The third kappa shape index (κ3) is 3.28. The first-order valence-corrected chi connectivity index (χ1v) is 7.29. The fraction of sp³-hybridized carbons (Fsp3) is 0.500. The fourth-order valence-corrected chi connectivity index (χ4v) is 2.79. The van der Waals surface area contributed by atoms with Crippen molar-refractivity contribution in [1.82, 2.24) is 9.80 Å². The Kier molecular flexibility index (Phi) is 4.47. The van der Waals surface area contributed by atoms with Crippen LogP contribution in [-0.4, -0.2) is 48.9 Å². The zero-order valence-electron chi connectivity index (χ0n) is 11.4. The van der Waals surface area contributed by atoms with Gasteiger partial charge in [0.1, 0.15) is 0 Å². The molecule has 5 heteroatoms. The van der Waals surface area contributed by atoms with Crippen molar-refractivity contribution < 1.29 is 4.79 Å². The molecule has 1 saturated heterocycles. The highest BCUT2D eigenvalue weighted by atomic mass is 79.9. The van der Waals surface area contributed by atoms with Crippen molar-refractivity contribution in [2.75, 3.05) is 32.9 Å². The Bertz CT molecular complexity index is 470. The molecular weight excluding hydrogens is 306 g/mol. The molecule has 2 N–H and O–H groups in total. The van der Waals surface area contributed by atoms with Gasteiger partial charge in [0.15, 0.2) is 0 Å². The van der Waals surface area contributed by atoms with Gasteiger partial charge in [0, 0.05) is 28.8 Å². The maximum Gasteiger partial charge on any atom is 0.253 e. The quantitative estimate of drug-likeness (QED) is 0.848. The summed E-state index contributed by atoms with van der Waals surface area (Å²) in [4.78, 5) is 16.6. The molecule has 1 aromatic rings. The van der Waals surface area contributed by atoms with Crippen LogP contribution in [0.5, 0.6) is 0 Å². The molecule has 1 aliphatic rings. The number of nitrogens with zero attached hydrogens (tertiary/aromatic N) is 2. The van der Waals surface area contributed by atoms with Gasteiger partial charge in [-0.15, -0.1) is 0 Å². The number of likely N-dealkylation sites (tertiary alicyclic amines) is 1. The van der Waals surface area contributed by atoms with Gasteiger partial charge in [0.05, 0.1) is 0 Å². The van der Waals surface area contributed by atoms with E-state index in [1.54, 1.807) is 18.2 Å². The van der Waals surface area contributed by atoms with Crippen molar-refractivity contribution in [2.24, 2.45) is 0 Å². The molecule has 0 radical (unpaired) electrons. The maximum absolute atomic E-state index is 12.4. The van der Waals surface area contributed by atoms with E-state index < -0.39 is 0 Å². The number of halogens is 1. The number of carbonyl (C=O) groups is 1. The van der Waals surface area contributed by atoms with E-state index in [-0.39, 0.29) is 5.91 Å². The van der Waals surface area contributed by atoms with Crippen LogP contribution in [0.15, 0.2) is 22.7 Å². The number of anilines is 1. The Hall–Kier alpha value is -1.07. The van der Waals surface area contributed by atoms with Crippen molar-refractivity contribution in [2.45, 2.75) is 18.9 Å². The monoisotopic (exact) mass is 325 g/mol. The molecule has 0 bridgehead atoms. The van der Waals surface area contributed by atoms with Crippen LogP contribution >= 0.6 is 15.9 Å². The van der Waals surface area contributed by atoms with Crippen molar-refractivity contribution in [3.63, 3.8) is 0 Å².